The highest BCUT2D eigenvalue weighted by atomic mass is 16.5. The number of ether oxygens (including phenoxy) is 1. The lowest BCUT2D eigenvalue weighted by Gasteiger charge is -2.38. The Morgan fingerprint density at radius 1 is 1.55 bits per heavy atom. The van der Waals surface area contributed by atoms with Crippen molar-refractivity contribution >= 4 is 0 Å². The minimum Gasteiger partial charge on any atom is -0.377 e. The van der Waals surface area contributed by atoms with E-state index in [0.29, 0.717) is 19.4 Å². The first-order valence-electron chi connectivity index (χ1n) is 3.82. The van der Waals surface area contributed by atoms with E-state index >= 15 is 0 Å². The fraction of sp³-hybridized carbons (Fsp3) is 0.778. The molecule has 0 bridgehead atoms. The Labute approximate surface area is 67.6 Å². The second-order valence-corrected chi connectivity index (χ2v) is 3.71. The number of hydrogen-bond acceptors (Lipinski definition) is 2. The summed E-state index contributed by atoms with van der Waals surface area (Å²) in [6, 6.07) is 0. The molecule has 1 rings (SSSR count). The number of rotatable bonds is 0. The van der Waals surface area contributed by atoms with Crippen LogP contribution in [0, 0.1) is 12.3 Å². The summed E-state index contributed by atoms with van der Waals surface area (Å²) in [7, 11) is 0. The number of terminal acetylenes is 1. The first-order valence-corrected chi connectivity index (χ1v) is 3.82. The van der Waals surface area contributed by atoms with Gasteiger partial charge in [0.1, 0.15) is 5.60 Å². The van der Waals surface area contributed by atoms with Crippen LogP contribution in [0.25, 0.3) is 0 Å². The van der Waals surface area contributed by atoms with Gasteiger partial charge < -0.3 is 9.84 Å². The van der Waals surface area contributed by atoms with Gasteiger partial charge in [-0.15, -0.1) is 6.42 Å². The Balaban J connectivity index is 2.69. The summed E-state index contributed by atoms with van der Waals surface area (Å²) in [4.78, 5) is 0. The maximum atomic E-state index is 9.70. The topological polar surface area (TPSA) is 29.5 Å². The summed E-state index contributed by atoms with van der Waals surface area (Å²) >= 11 is 0. The molecule has 11 heavy (non-hydrogen) atoms. The summed E-state index contributed by atoms with van der Waals surface area (Å²) in [5, 5.41) is 9.70. The molecule has 1 aliphatic heterocycles. The predicted molar refractivity (Wildman–Crippen MR) is 43.0 cm³/mol. The lowest BCUT2D eigenvalue weighted by Crippen LogP contribution is -2.44. The van der Waals surface area contributed by atoms with Crippen LogP contribution in [-0.2, 0) is 4.74 Å². The molecule has 1 heterocycles. The monoisotopic (exact) mass is 154 g/mol. The van der Waals surface area contributed by atoms with Crippen molar-refractivity contribution in [3.63, 3.8) is 0 Å². The minimum atomic E-state index is -0.943. The second kappa shape index (κ2) is 2.51. The summed E-state index contributed by atoms with van der Waals surface area (Å²) in [5.41, 5.74) is -1.22. The van der Waals surface area contributed by atoms with E-state index in [2.05, 4.69) is 5.92 Å². The smallest absolute Gasteiger partial charge is 0.130 e. The van der Waals surface area contributed by atoms with E-state index in [0.717, 1.165) is 0 Å². The fourth-order valence-corrected chi connectivity index (χ4v) is 1.46. The molecular weight excluding hydrogens is 140 g/mol. The maximum Gasteiger partial charge on any atom is 0.130 e. The van der Waals surface area contributed by atoms with Gasteiger partial charge in [0.2, 0.25) is 0 Å². The molecule has 0 aromatic carbocycles. The van der Waals surface area contributed by atoms with Gasteiger partial charge in [0.15, 0.2) is 0 Å². The summed E-state index contributed by atoms with van der Waals surface area (Å²) < 4.78 is 5.41. The van der Waals surface area contributed by atoms with Gasteiger partial charge in [-0.2, -0.15) is 0 Å². The Bertz CT molecular complexity index is 190. The van der Waals surface area contributed by atoms with Crippen LogP contribution in [0.1, 0.15) is 26.7 Å². The van der Waals surface area contributed by atoms with Gasteiger partial charge in [0, 0.05) is 12.8 Å². The Morgan fingerprint density at radius 3 is 2.55 bits per heavy atom. The number of hydrogen-bond donors (Lipinski definition) is 1. The fourth-order valence-electron chi connectivity index (χ4n) is 1.46. The quantitative estimate of drug-likeness (QED) is 0.526. The van der Waals surface area contributed by atoms with Crippen molar-refractivity contribution in [1.29, 1.82) is 0 Å². The van der Waals surface area contributed by atoms with E-state index < -0.39 is 5.60 Å². The van der Waals surface area contributed by atoms with Crippen LogP contribution < -0.4 is 0 Å². The molecule has 0 aromatic rings. The highest BCUT2D eigenvalue weighted by molar-refractivity contribution is 5.10. The van der Waals surface area contributed by atoms with Gasteiger partial charge in [-0.25, -0.2) is 0 Å². The van der Waals surface area contributed by atoms with Crippen molar-refractivity contribution < 1.29 is 9.84 Å². The molecule has 0 amide bonds. The molecule has 0 unspecified atom stereocenters. The Morgan fingerprint density at radius 2 is 2.18 bits per heavy atom. The maximum absolute atomic E-state index is 9.70. The third-order valence-corrected chi connectivity index (χ3v) is 2.00. The van der Waals surface area contributed by atoms with Crippen molar-refractivity contribution in [2.75, 3.05) is 6.61 Å². The molecule has 0 aromatic heterocycles. The molecular formula is C9H14O2. The van der Waals surface area contributed by atoms with E-state index in [-0.39, 0.29) is 5.60 Å². The largest absolute Gasteiger partial charge is 0.377 e. The van der Waals surface area contributed by atoms with Crippen molar-refractivity contribution in [2.45, 2.75) is 37.9 Å². The van der Waals surface area contributed by atoms with Gasteiger partial charge in [-0.3, -0.25) is 0 Å². The summed E-state index contributed by atoms with van der Waals surface area (Å²) in [5.74, 6) is 2.41. The Kier molecular flexibility index (Phi) is 1.96. The van der Waals surface area contributed by atoms with Crippen molar-refractivity contribution in [2.24, 2.45) is 0 Å². The van der Waals surface area contributed by atoms with Gasteiger partial charge in [0.25, 0.3) is 0 Å². The van der Waals surface area contributed by atoms with Gasteiger partial charge in [0.05, 0.1) is 12.2 Å². The van der Waals surface area contributed by atoms with E-state index in [1.54, 1.807) is 0 Å². The van der Waals surface area contributed by atoms with Gasteiger partial charge in [-0.05, 0) is 13.8 Å². The molecule has 1 N–H and O–H groups in total. The molecule has 1 atom stereocenters. The summed E-state index contributed by atoms with van der Waals surface area (Å²) in [6.07, 6.45) is 6.28. The van der Waals surface area contributed by atoms with Gasteiger partial charge >= 0.3 is 0 Å². The zero-order chi connectivity index (χ0) is 8.54. The first-order chi connectivity index (χ1) is 4.97. The molecule has 0 aliphatic carbocycles. The van der Waals surface area contributed by atoms with Crippen molar-refractivity contribution in [3.05, 3.63) is 0 Å². The third-order valence-electron chi connectivity index (χ3n) is 2.00. The molecule has 1 fully saturated rings. The lowest BCUT2D eigenvalue weighted by atomic mass is 9.85. The number of aliphatic hydroxyl groups is 1. The normalized spacial score (nSPS) is 36.2. The molecule has 1 aliphatic rings. The highest BCUT2D eigenvalue weighted by Crippen LogP contribution is 2.30. The standard InChI is InChI=1S/C9H14O2/c1-4-9(10)5-6-11-8(2,3)7-9/h1,10H,5-7H2,2-3H3/t9-/m1/s1. The zero-order valence-electron chi connectivity index (χ0n) is 7.05. The lowest BCUT2D eigenvalue weighted by molar-refractivity contribution is -0.120. The third kappa shape index (κ3) is 1.95. The van der Waals surface area contributed by atoms with Crippen LogP contribution in [0.3, 0.4) is 0 Å². The molecule has 2 nitrogen and oxygen atoms in total. The van der Waals surface area contributed by atoms with Crippen LogP contribution in [0.4, 0.5) is 0 Å². The Hall–Kier alpha value is -0.520. The van der Waals surface area contributed by atoms with Crippen LogP contribution in [0.2, 0.25) is 0 Å². The first kappa shape index (κ1) is 8.58. The van der Waals surface area contributed by atoms with Crippen LogP contribution in [-0.4, -0.2) is 22.9 Å². The van der Waals surface area contributed by atoms with Gasteiger partial charge in [-0.1, -0.05) is 5.92 Å². The van der Waals surface area contributed by atoms with E-state index in [1.165, 1.54) is 0 Å². The minimum absolute atomic E-state index is 0.278. The molecule has 2 heteroatoms. The van der Waals surface area contributed by atoms with E-state index in [9.17, 15) is 5.11 Å². The average Bonchev–Trinajstić information content (AvgIpc) is 1.85. The molecule has 0 spiro atoms. The molecule has 0 radical (unpaired) electrons. The molecule has 0 saturated carbocycles. The SMILES string of the molecule is C#C[C@@]1(O)CCOC(C)(C)C1. The van der Waals surface area contributed by atoms with E-state index in [1.807, 2.05) is 13.8 Å². The molecule has 1 saturated heterocycles. The molecule has 62 valence electrons. The van der Waals surface area contributed by atoms with E-state index in [4.69, 9.17) is 11.2 Å². The van der Waals surface area contributed by atoms with Crippen molar-refractivity contribution in [1.82, 2.24) is 0 Å². The zero-order valence-corrected chi connectivity index (χ0v) is 7.05. The second-order valence-electron chi connectivity index (χ2n) is 3.71. The average molecular weight is 154 g/mol. The van der Waals surface area contributed by atoms with Crippen molar-refractivity contribution in [3.8, 4) is 12.3 Å². The highest BCUT2D eigenvalue weighted by Gasteiger charge is 2.37. The summed E-state index contributed by atoms with van der Waals surface area (Å²) in [6.45, 7) is 4.43. The van der Waals surface area contributed by atoms with Crippen LogP contribution in [0.5, 0.6) is 0 Å². The van der Waals surface area contributed by atoms with Crippen LogP contribution in [0.15, 0.2) is 0 Å². The van der Waals surface area contributed by atoms with Crippen LogP contribution >= 0.6 is 0 Å². The predicted octanol–water partition coefficient (Wildman–Crippen LogP) is 0.940.